The molecule has 3 rings (SSSR count). The molecule has 0 aromatic carbocycles. The van der Waals surface area contributed by atoms with Gasteiger partial charge in [-0.1, -0.05) is 5.16 Å². The average Bonchev–Trinajstić information content (AvgIpc) is 3.21. The Morgan fingerprint density at radius 1 is 1.39 bits per heavy atom. The Bertz CT molecular complexity index is 632. The summed E-state index contributed by atoms with van der Waals surface area (Å²) in [7, 11) is 3.40. The van der Waals surface area contributed by atoms with E-state index in [4.69, 9.17) is 14.0 Å². The van der Waals surface area contributed by atoms with Gasteiger partial charge in [0.25, 0.3) is 0 Å². The van der Waals surface area contributed by atoms with Gasteiger partial charge in [-0.15, -0.1) is 0 Å². The largest absolute Gasteiger partial charge is 0.380 e. The third kappa shape index (κ3) is 3.46. The number of nitrogens with one attached hydrogen (secondary N) is 1. The van der Waals surface area contributed by atoms with Crippen molar-refractivity contribution in [1.29, 1.82) is 0 Å². The zero-order valence-electron chi connectivity index (χ0n) is 14.1. The molecule has 2 aromatic heterocycles. The predicted octanol–water partition coefficient (Wildman–Crippen LogP) is 2.12. The first-order valence-electron chi connectivity index (χ1n) is 7.84. The maximum absolute atomic E-state index is 5.56. The zero-order chi connectivity index (χ0) is 16.4. The first-order chi connectivity index (χ1) is 11.1. The summed E-state index contributed by atoms with van der Waals surface area (Å²) in [5.74, 6) is 1.74. The third-order valence-electron chi connectivity index (χ3n) is 4.42. The molecule has 23 heavy (non-hydrogen) atoms. The molecule has 2 aromatic rings. The lowest BCUT2D eigenvalue weighted by Crippen LogP contribution is -2.25. The first-order valence-corrected chi connectivity index (χ1v) is 7.84. The highest BCUT2D eigenvalue weighted by Crippen LogP contribution is 2.33. The van der Waals surface area contributed by atoms with Gasteiger partial charge in [-0.25, -0.2) is 4.98 Å². The van der Waals surface area contributed by atoms with Gasteiger partial charge in [0.2, 0.25) is 0 Å². The van der Waals surface area contributed by atoms with Crippen molar-refractivity contribution in [2.75, 3.05) is 20.8 Å². The number of methoxy groups -OCH3 is 2. The van der Waals surface area contributed by atoms with Gasteiger partial charge in [0.1, 0.15) is 12.4 Å². The molecule has 0 radical (unpaired) electrons. The lowest BCUT2D eigenvalue weighted by molar-refractivity contribution is 0.107. The van der Waals surface area contributed by atoms with Crippen LogP contribution in [-0.4, -0.2) is 46.9 Å². The van der Waals surface area contributed by atoms with E-state index in [-0.39, 0.29) is 12.1 Å². The number of aromatic amines is 1. The third-order valence-corrected chi connectivity index (χ3v) is 4.42. The van der Waals surface area contributed by atoms with Crippen LogP contribution in [0.25, 0.3) is 0 Å². The van der Waals surface area contributed by atoms with Crippen molar-refractivity contribution in [2.45, 2.75) is 45.6 Å². The van der Waals surface area contributed by atoms with Crippen molar-refractivity contribution >= 4 is 0 Å². The normalized spacial score (nSPS) is 22.1. The molecule has 1 aliphatic rings. The number of hydrogen-bond donors (Lipinski definition) is 1. The molecule has 0 unspecified atom stereocenters. The van der Waals surface area contributed by atoms with Crippen LogP contribution in [0.5, 0.6) is 0 Å². The first kappa shape index (κ1) is 16.2. The van der Waals surface area contributed by atoms with Gasteiger partial charge in [0.15, 0.2) is 5.76 Å². The van der Waals surface area contributed by atoms with Crippen LogP contribution in [-0.2, 0) is 22.6 Å². The summed E-state index contributed by atoms with van der Waals surface area (Å²) in [6.45, 7) is 6.07. The summed E-state index contributed by atoms with van der Waals surface area (Å²) in [6, 6.07) is 2.15. The fraction of sp³-hybridized carbons (Fsp3) is 0.625. The number of likely N-dealkylation sites (tertiary alicyclic amines) is 1. The maximum atomic E-state index is 5.56. The summed E-state index contributed by atoms with van der Waals surface area (Å²) in [6.07, 6.45) is 1.13. The predicted molar refractivity (Wildman–Crippen MR) is 83.8 cm³/mol. The van der Waals surface area contributed by atoms with Gasteiger partial charge in [-0.2, -0.15) is 0 Å². The summed E-state index contributed by atoms with van der Waals surface area (Å²) in [5.41, 5.74) is 3.06. The van der Waals surface area contributed by atoms with Crippen LogP contribution in [0.3, 0.4) is 0 Å². The van der Waals surface area contributed by atoms with E-state index in [0.717, 1.165) is 41.6 Å². The van der Waals surface area contributed by atoms with Gasteiger partial charge >= 0.3 is 0 Å². The van der Waals surface area contributed by atoms with Crippen LogP contribution >= 0.6 is 0 Å². The molecule has 0 bridgehead atoms. The second-order valence-corrected chi connectivity index (χ2v) is 6.09. The number of ether oxygens (including phenoxy) is 2. The molecule has 0 spiro atoms. The monoisotopic (exact) mass is 320 g/mol. The minimum Gasteiger partial charge on any atom is -0.380 e. The van der Waals surface area contributed by atoms with Gasteiger partial charge < -0.3 is 19.0 Å². The highest BCUT2D eigenvalue weighted by Gasteiger charge is 2.35. The lowest BCUT2D eigenvalue weighted by atomic mass is 10.2. The van der Waals surface area contributed by atoms with Crippen LogP contribution < -0.4 is 0 Å². The van der Waals surface area contributed by atoms with Crippen molar-refractivity contribution < 1.29 is 14.0 Å². The highest BCUT2D eigenvalue weighted by atomic mass is 16.5. The van der Waals surface area contributed by atoms with Crippen molar-refractivity contribution in [3.8, 4) is 0 Å². The topological polar surface area (TPSA) is 76.4 Å². The average molecular weight is 320 g/mol. The molecule has 0 amide bonds. The molecule has 1 N–H and O–H groups in total. The van der Waals surface area contributed by atoms with Gasteiger partial charge in [-0.3, -0.25) is 4.90 Å². The molecule has 0 saturated carbocycles. The molecule has 2 atom stereocenters. The highest BCUT2D eigenvalue weighted by molar-refractivity contribution is 5.15. The van der Waals surface area contributed by atoms with Crippen LogP contribution in [0, 0.1) is 13.8 Å². The van der Waals surface area contributed by atoms with E-state index >= 15 is 0 Å². The van der Waals surface area contributed by atoms with Crippen molar-refractivity contribution in [3.63, 3.8) is 0 Å². The number of aromatic nitrogens is 3. The SMILES string of the molecule is COCc1cc(CN2C[C@H](OC)C[C@H]2c2nc(C)c(C)[nH]2)no1. The standard InChI is InChI=1S/C16H24N4O3/c1-10-11(2)18-16(17-10)15-6-13(22-4)8-20(15)7-12-5-14(9-21-3)23-19-12/h5,13,15H,6-9H2,1-4H3,(H,17,18)/t13-,15+/m1/s1. The molecule has 7 heteroatoms. The van der Waals surface area contributed by atoms with E-state index in [1.807, 2.05) is 19.9 Å². The van der Waals surface area contributed by atoms with Crippen LogP contribution in [0.4, 0.5) is 0 Å². The second-order valence-electron chi connectivity index (χ2n) is 6.09. The van der Waals surface area contributed by atoms with Crippen molar-refractivity contribution in [3.05, 3.63) is 34.7 Å². The number of nitrogens with zero attached hydrogens (tertiary/aromatic N) is 3. The molecule has 1 saturated heterocycles. The Balaban J connectivity index is 1.76. The minimum atomic E-state index is 0.204. The van der Waals surface area contributed by atoms with Gasteiger partial charge in [0, 0.05) is 39.1 Å². The summed E-state index contributed by atoms with van der Waals surface area (Å²) < 4.78 is 15.9. The molecule has 7 nitrogen and oxygen atoms in total. The van der Waals surface area contributed by atoms with Crippen LogP contribution in [0.1, 0.15) is 41.1 Å². The Morgan fingerprint density at radius 3 is 2.87 bits per heavy atom. The fourth-order valence-electron chi connectivity index (χ4n) is 3.07. The van der Waals surface area contributed by atoms with Crippen LogP contribution in [0.2, 0.25) is 0 Å². The van der Waals surface area contributed by atoms with Gasteiger partial charge in [0.05, 0.1) is 23.5 Å². The molecule has 1 aliphatic heterocycles. The lowest BCUT2D eigenvalue weighted by Gasteiger charge is -2.21. The van der Waals surface area contributed by atoms with E-state index in [1.54, 1.807) is 14.2 Å². The smallest absolute Gasteiger partial charge is 0.162 e. The second kappa shape index (κ2) is 6.82. The van der Waals surface area contributed by atoms with E-state index < -0.39 is 0 Å². The number of aryl methyl sites for hydroxylation is 2. The molecule has 0 aliphatic carbocycles. The molecular weight excluding hydrogens is 296 g/mol. The van der Waals surface area contributed by atoms with E-state index in [1.165, 1.54) is 0 Å². The van der Waals surface area contributed by atoms with E-state index in [9.17, 15) is 0 Å². The van der Waals surface area contributed by atoms with E-state index in [2.05, 4.69) is 20.0 Å². The maximum Gasteiger partial charge on any atom is 0.162 e. The molecule has 3 heterocycles. The summed E-state index contributed by atoms with van der Waals surface area (Å²) in [5, 5.41) is 4.13. The molecule has 126 valence electrons. The number of imidazole rings is 1. The van der Waals surface area contributed by atoms with Gasteiger partial charge in [-0.05, 0) is 20.3 Å². The number of rotatable bonds is 6. The Labute approximate surface area is 136 Å². The van der Waals surface area contributed by atoms with Crippen molar-refractivity contribution in [1.82, 2.24) is 20.0 Å². The minimum absolute atomic E-state index is 0.204. The van der Waals surface area contributed by atoms with E-state index in [0.29, 0.717) is 13.2 Å². The Hall–Kier alpha value is -1.70. The Kier molecular flexibility index (Phi) is 4.79. The Morgan fingerprint density at radius 2 is 2.22 bits per heavy atom. The molecule has 1 fully saturated rings. The van der Waals surface area contributed by atoms with Crippen molar-refractivity contribution in [2.24, 2.45) is 0 Å². The number of hydrogen-bond acceptors (Lipinski definition) is 6. The fourth-order valence-corrected chi connectivity index (χ4v) is 3.07. The summed E-state index contributed by atoms with van der Waals surface area (Å²) in [4.78, 5) is 10.4. The number of H-pyrrole nitrogens is 1. The quantitative estimate of drug-likeness (QED) is 0.878. The molecular formula is C16H24N4O3. The van der Waals surface area contributed by atoms with Crippen LogP contribution in [0.15, 0.2) is 10.6 Å². The summed E-state index contributed by atoms with van der Waals surface area (Å²) >= 11 is 0. The zero-order valence-corrected chi connectivity index (χ0v) is 14.1.